The number of ether oxygens (including phenoxy) is 1. The van der Waals surface area contributed by atoms with Gasteiger partial charge >= 0.3 is 6.03 Å². The van der Waals surface area contributed by atoms with E-state index in [0.717, 1.165) is 17.7 Å². The van der Waals surface area contributed by atoms with E-state index in [1.165, 1.54) is 17.7 Å². The van der Waals surface area contributed by atoms with Gasteiger partial charge in [0.2, 0.25) is 0 Å². The third-order valence-corrected chi connectivity index (χ3v) is 4.18. The number of halogens is 1. The number of carbonyl (C=O) groups excluding carboxylic acids is 1. The highest BCUT2D eigenvalue weighted by Gasteiger charge is 2.12. The fourth-order valence-corrected chi connectivity index (χ4v) is 2.59. The molecular weight excluding hydrogens is 343 g/mol. The second-order valence-electron chi connectivity index (χ2n) is 7.54. The van der Waals surface area contributed by atoms with E-state index in [9.17, 15) is 9.18 Å². The molecule has 2 aromatic rings. The summed E-state index contributed by atoms with van der Waals surface area (Å²) in [6, 6.07) is 14.3. The van der Waals surface area contributed by atoms with Gasteiger partial charge < -0.3 is 15.4 Å². The van der Waals surface area contributed by atoms with Crippen molar-refractivity contribution in [3.05, 3.63) is 65.5 Å². The molecule has 0 radical (unpaired) electrons. The highest BCUT2D eigenvalue weighted by Crippen LogP contribution is 2.24. The van der Waals surface area contributed by atoms with Crippen LogP contribution in [0.25, 0.3) is 0 Å². The molecule has 0 aromatic heterocycles. The van der Waals surface area contributed by atoms with Crippen molar-refractivity contribution in [3.63, 3.8) is 0 Å². The Morgan fingerprint density at radius 2 is 1.74 bits per heavy atom. The van der Waals surface area contributed by atoms with Crippen LogP contribution in [0.5, 0.6) is 5.75 Å². The van der Waals surface area contributed by atoms with Crippen LogP contribution in [0.15, 0.2) is 48.5 Å². The zero-order valence-electron chi connectivity index (χ0n) is 16.3. The average Bonchev–Trinajstić information content (AvgIpc) is 2.61. The van der Waals surface area contributed by atoms with Crippen molar-refractivity contribution < 1.29 is 13.9 Å². The molecule has 2 amide bonds. The Hall–Kier alpha value is -2.56. The lowest BCUT2D eigenvalue weighted by Gasteiger charge is -2.19. The minimum Gasteiger partial charge on any atom is -0.494 e. The molecule has 0 bridgehead atoms. The van der Waals surface area contributed by atoms with Gasteiger partial charge in [-0.1, -0.05) is 45.0 Å². The van der Waals surface area contributed by atoms with Gasteiger partial charge in [0.15, 0.2) is 0 Å². The summed E-state index contributed by atoms with van der Waals surface area (Å²) in [5.41, 5.74) is 2.26. The van der Waals surface area contributed by atoms with Crippen molar-refractivity contribution in [1.82, 2.24) is 10.6 Å². The molecule has 146 valence electrons. The van der Waals surface area contributed by atoms with E-state index in [2.05, 4.69) is 43.5 Å². The topological polar surface area (TPSA) is 50.4 Å². The Kier molecular flexibility index (Phi) is 7.65. The lowest BCUT2D eigenvalue weighted by molar-refractivity contribution is 0.239. The first-order chi connectivity index (χ1) is 12.8. The summed E-state index contributed by atoms with van der Waals surface area (Å²) in [5, 5.41) is 5.56. The first-order valence-electron chi connectivity index (χ1n) is 9.34. The van der Waals surface area contributed by atoms with Gasteiger partial charge in [-0.15, -0.1) is 0 Å². The predicted molar refractivity (Wildman–Crippen MR) is 107 cm³/mol. The van der Waals surface area contributed by atoms with E-state index in [4.69, 9.17) is 4.74 Å². The summed E-state index contributed by atoms with van der Waals surface area (Å²) in [6.45, 7) is 8.07. The number of hydrogen-bond donors (Lipinski definition) is 2. The standard InChI is InChI=1S/C22H29FN2O2/c1-22(2,3)18-8-10-20(11-9-18)27-15-5-13-24-21(26)25-14-12-17-6-4-7-19(23)16-17/h4,6-11,16H,5,12-15H2,1-3H3,(H2,24,25,26). The van der Waals surface area contributed by atoms with Crippen molar-refractivity contribution in [2.24, 2.45) is 0 Å². The molecule has 0 atom stereocenters. The lowest BCUT2D eigenvalue weighted by Crippen LogP contribution is -2.37. The van der Waals surface area contributed by atoms with Crippen LogP contribution in [0.1, 0.15) is 38.3 Å². The molecule has 0 saturated heterocycles. The van der Waals surface area contributed by atoms with Crippen LogP contribution >= 0.6 is 0 Å². The first kappa shape index (κ1) is 20.7. The molecule has 0 spiro atoms. The summed E-state index contributed by atoms with van der Waals surface area (Å²) in [7, 11) is 0. The van der Waals surface area contributed by atoms with Crippen LogP contribution in [0.3, 0.4) is 0 Å². The van der Waals surface area contributed by atoms with Gasteiger partial charge in [-0.05, 0) is 53.6 Å². The van der Waals surface area contributed by atoms with E-state index >= 15 is 0 Å². The molecule has 27 heavy (non-hydrogen) atoms. The van der Waals surface area contributed by atoms with E-state index in [-0.39, 0.29) is 17.3 Å². The molecule has 2 N–H and O–H groups in total. The van der Waals surface area contributed by atoms with E-state index in [1.54, 1.807) is 6.07 Å². The fraction of sp³-hybridized carbons (Fsp3) is 0.409. The molecule has 0 aliphatic heterocycles. The number of amides is 2. The molecule has 0 heterocycles. The Balaban J connectivity index is 1.56. The van der Waals surface area contributed by atoms with E-state index in [1.807, 2.05) is 18.2 Å². The summed E-state index contributed by atoms with van der Waals surface area (Å²) in [4.78, 5) is 11.7. The zero-order chi connectivity index (χ0) is 19.7. The minimum absolute atomic E-state index is 0.129. The fourth-order valence-electron chi connectivity index (χ4n) is 2.59. The van der Waals surface area contributed by atoms with Crippen LogP contribution < -0.4 is 15.4 Å². The van der Waals surface area contributed by atoms with Crippen LogP contribution in [-0.4, -0.2) is 25.7 Å². The van der Waals surface area contributed by atoms with Crippen LogP contribution in [0.2, 0.25) is 0 Å². The largest absolute Gasteiger partial charge is 0.494 e. The van der Waals surface area contributed by atoms with Crippen molar-refractivity contribution >= 4 is 6.03 Å². The van der Waals surface area contributed by atoms with Crippen molar-refractivity contribution in [2.45, 2.75) is 39.0 Å². The molecule has 4 nitrogen and oxygen atoms in total. The van der Waals surface area contributed by atoms with Crippen molar-refractivity contribution in [2.75, 3.05) is 19.7 Å². The monoisotopic (exact) mass is 372 g/mol. The Bertz CT molecular complexity index is 724. The smallest absolute Gasteiger partial charge is 0.314 e. The maximum absolute atomic E-state index is 13.1. The number of urea groups is 1. The van der Waals surface area contributed by atoms with Crippen molar-refractivity contribution in [1.29, 1.82) is 0 Å². The third kappa shape index (κ3) is 7.69. The molecule has 2 aromatic carbocycles. The maximum Gasteiger partial charge on any atom is 0.314 e. The van der Waals surface area contributed by atoms with Gasteiger partial charge in [-0.25, -0.2) is 9.18 Å². The highest BCUT2D eigenvalue weighted by molar-refractivity contribution is 5.73. The summed E-state index contributed by atoms with van der Waals surface area (Å²) < 4.78 is 18.8. The van der Waals surface area contributed by atoms with Gasteiger partial charge in [0, 0.05) is 13.1 Å². The number of rotatable bonds is 8. The van der Waals surface area contributed by atoms with Crippen LogP contribution in [-0.2, 0) is 11.8 Å². The van der Waals surface area contributed by atoms with Crippen molar-refractivity contribution in [3.8, 4) is 5.75 Å². The first-order valence-corrected chi connectivity index (χ1v) is 9.34. The molecule has 0 fully saturated rings. The van der Waals surface area contributed by atoms with Gasteiger partial charge in [-0.2, -0.15) is 0 Å². The summed E-state index contributed by atoms with van der Waals surface area (Å²) >= 11 is 0. The van der Waals surface area contributed by atoms with E-state index < -0.39 is 0 Å². The average molecular weight is 372 g/mol. The second-order valence-corrected chi connectivity index (χ2v) is 7.54. The van der Waals surface area contributed by atoms with Gasteiger partial charge in [0.05, 0.1) is 6.61 Å². The third-order valence-electron chi connectivity index (χ3n) is 4.18. The molecule has 2 rings (SSSR count). The highest BCUT2D eigenvalue weighted by atomic mass is 19.1. The minimum atomic E-state index is -0.259. The number of hydrogen-bond acceptors (Lipinski definition) is 2. The molecule has 0 aliphatic carbocycles. The Morgan fingerprint density at radius 3 is 2.41 bits per heavy atom. The lowest BCUT2D eigenvalue weighted by atomic mass is 9.87. The number of nitrogens with one attached hydrogen (secondary N) is 2. The van der Waals surface area contributed by atoms with Crippen LogP contribution in [0.4, 0.5) is 9.18 Å². The van der Waals surface area contributed by atoms with Gasteiger partial charge in [0.1, 0.15) is 11.6 Å². The zero-order valence-corrected chi connectivity index (χ0v) is 16.3. The Morgan fingerprint density at radius 1 is 1.04 bits per heavy atom. The van der Waals surface area contributed by atoms with Gasteiger partial charge in [-0.3, -0.25) is 0 Å². The second kappa shape index (κ2) is 9.95. The number of benzene rings is 2. The quantitative estimate of drug-likeness (QED) is 0.673. The predicted octanol–water partition coefficient (Wildman–Crippen LogP) is 4.43. The normalized spacial score (nSPS) is 11.1. The molecule has 0 aliphatic rings. The molecule has 5 heteroatoms. The van der Waals surface area contributed by atoms with Crippen LogP contribution in [0, 0.1) is 5.82 Å². The van der Waals surface area contributed by atoms with E-state index in [0.29, 0.717) is 26.1 Å². The SMILES string of the molecule is CC(C)(C)c1ccc(OCCCNC(=O)NCCc2cccc(F)c2)cc1. The maximum atomic E-state index is 13.1. The molecule has 0 saturated carbocycles. The van der Waals surface area contributed by atoms with Gasteiger partial charge in [0.25, 0.3) is 0 Å². The number of carbonyl (C=O) groups is 1. The Labute approximate surface area is 161 Å². The molecule has 0 unspecified atom stereocenters. The summed E-state index contributed by atoms with van der Waals surface area (Å²) in [6.07, 6.45) is 1.32. The molecular formula is C22H29FN2O2. The summed E-state index contributed by atoms with van der Waals surface area (Å²) in [5.74, 6) is 0.576.